The van der Waals surface area contributed by atoms with Gasteiger partial charge in [0, 0.05) is 12.2 Å². The van der Waals surface area contributed by atoms with Gasteiger partial charge in [0.05, 0.1) is 32.1 Å². The summed E-state index contributed by atoms with van der Waals surface area (Å²) in [4.78, 5) is 24.8. The molecule has 1 atom stereocenters. The fourth-order valence-corrected chi connectivity index (χ4v) is 2.49. The zero-order chi connectivity index (χ0) is 20.5. The number of benzene rings is 2. The molecule has 0 aliphatic heterocycles. The Morgan fingerprint density at radius 2 is 1.75 bits per heavy atom. The lowest BCUT2D eigenvalue weighted by Crippen LogP contribution is -2.30. The highest BCUT2D eigenvalue weighted by Gasteiger charge is 2.21. The molecule has 28 heavy (non-hydrogen) atoms. The number of methoxy groups -OCH3 is 2. The van der Waals surface area contributed by atoms with Crippen molar-refractivity contribution < 1.29 is 28.5 Å². The van der Waals surface area contributed by atoms with Gasteiger partial charge in [-0.05, 0) is 44.2 Å². The van der Waals surface area contributed by atoms with Gasteiger partial charge in [-0.1, -0.05) is 12.1 Å². The average Bonchev–Trinajstić information content (AvgIpc) is 2.72. The van der Waals surface area contributed by atoms with E-state index in [4.69, 9.17) is 18.9 Å². The summed E-state index contributed by atoms with van der Waals surface area (Å²) < 4.78 is 21.2. The number of carbonyl (C=O) groups is 2. The minimum absolute atomic E-state index is 0.310. The molecule has 0 spiro atoms. The largest absolute Gasteiger partial charge is 0.496 e. The maximum Gasteiger partial charge on any atom is 0.338 e. The first kappa shape index (κ1) is 21.2. The summed E-state index contributed by atoms with van der Waals surface area (Å²) in [6.45, 7) is 4.24. The van der Waals surface area contributed by atoms with E-state index in [1.54, 1.807) is 49.6 Å². The van der Waals surface area contributed by atoms with E-state index in [1.165, 1.54) is 14.0 Å². The predicted octanol–water partition coefficient (Wildman–Crippen LogP) is 3.42. The Morgan fingerprint density at radius 3 is 2.43 bits per heavy atom. The monoisotopic (exact) mass is 387 g/mol. The van der Waals surface area contributed by atoms with Crippen LogP contribution in [-0.2, 0) is 20.9 Å². The molecule has 0 aromatic heterocycles. The molecular weight excluding hydrogens is 362 g/mol. The third kappa shape index (κ3) is 5.47. The summed E-state index contributed by atoms with van der Waals surface area (Å²) in [5, 5.41) is 2.69. The Balaban J connectivity index is 2.05. The standard InChI is InChI=1S/C21H25NO6/c1-5-27-13-16-12-15(10-11-18(16)25-3)21(24)28-14(2)20(23)22-17-8-6-7-9-19(17)26-4/h6-12,14H,5,13H2,1-4H3,(H,22,23)/t14-/m1/s1. The number of rotatable bonds is 9. The molecule has 7 nitrogen and oxygen atoms in total. The molecule has 0 aliphatic carbocycles. The number of nitrogens with one attached hydrogen (secondary N) is 1. The lowest BCUT2D eigenvalue weighted by Gasteiger charge is -2.16. The van der Waals surface area contributed by atoms with E-state index in [1.807, 2.05) is 6.92 Å². The Labute approximate surface area is 164 Å². The maximum absolute atomic E-state index is 12.5. The number of anilines is 1. The Morgan fingerprint density at radius 1 is 1.04 bits per heavy atom. The third-order valence-corrected chi connectivity index (χ3v) is 4.00. The molecule has 0 aliphatic rings. The van der Waals surface area contributed by atoms with Gasteiger partial charge >= 0.3 is 5.97 Å². The van der Waals surface area contributed by atoms with Crippen molar-refractivity contribution in [3.8, 4) is 11.5 Å². The Kier molecular flexibility index (Phi) is 7.83. The van der Waals surface area contributed by atoms with Crippen molar-refractivity contribution >= 4 is 17.6 Å². The van der Waals surface area contributed by atoms with E-state index in [0.717, 1.165) is 5.56 Å². The molecule has 0 radical (unpaired) electrons. The molecule has 2 aromatic rings. The Bertz CT molecular complexity index is 820. The second kappa shape index (κ2) is 10.3. The predicted molar refractivity (Wildman–Crippen MR) is 105 cm³/mol. The molecule has 150 valence electrons. The smallest absolute Gasteiger partial charge is 0.338 e. The van der Waals surface area contributed by atoms with Crippen LogP contribution in [0.2, 0.25) is 0 Å². The van der Waals surface area contributed by atoms with Crippen LogP contribution >= 0.6 is 0 Å². The molecule has 0 fully saturated rings. The van der Waals surface area contributed by atoms with Crippen LogP contribution in [0.1, 0.15) is 29.8 Å². The number of para-hydroxylation sites is 2. The van der Waals surface area contributed by atoms with E-state index in [-0.39, 0.29) is 0 Å². The van der Waals surface area contributed by atoms with E-state index < -0.39 is 18.0 Å². The van der Waals surface area contributed by atoms with Crippen molar-refractivity contribution in [1.82, 2.24) is 0 Å². The lowest BCUT2D eigenvalue weighted by molar-refractivity contribution is -0.123. The highest BCUT2D eigenvalue weighted by atomic mass is 16.5. The van der Waals surface area contributed by atoms with Crippen LogP contribution in [0.3, 0.4) is 0 Å². The average molecular weight is 387 g/mol. The van der Waals surface area contributed by atoms with E-state index in [0.29, 0.717) is 36.0 Å². The molecule has 0 unspecified atom stereocenters. The molecule has 1 N–H and O–H groups in total. The van der Waals surface area contributed by atoms with Gasteiger partial charge in [-0.2, -0.15) is 0 Å². The summed E-state index contributed by atoms with van der Waals surface area (Å²) in [5.74, 6) is 0.0704. The molecule has 0 heterocycles. The summed E-state index contributed by atoms with van der Waals surface area (Å²) >= 11 is 0. The van der Waals surface area contributed by atoms with Gasteiger partial charge in [-0.3, -0.25) is 4.79 Å². The molecule has 0 saturated carbocycles. The lowest BCUT2D eigenvalue weighted by atomic mass is 10.1. The number of hydrogen-bond donors (Lipinski definition) is 1. The fourth-order valence-electron chi connectivity index (χ4n) is 2.49. The first-order valence-electron chi connectivity index (χ1n) is 8.89. The van der Waals surface area contributed by atoms with Crippen LogP contribution in [0.15, 0.2) is 42.5 Å². The molecule has 2 rings (SSSR count). The van der Waals surface area contributed by atoms with Gasteiger partial charge < -0.3 is 24.3 Å². The second-order valence-corrected chi connectivity index (χ2v) is 5.90. The molecular formula is C21H25NO6. The highest BCUT2D eigenvalue weighted by Crippen LogP contribution is 2.24. The van der Waals surface area contributed by atoms with Gasteiger partial charge in [0.15, 0.2) is 6.10 Å². The van der Waals surface area contributed by atoms with Crippen LogP contribution < -0.4 is 14.8 Å². The van der Waals surface area contributed by atoms with Gasteiger partial charge in [0.25, 0.3) is 5.91 Å². The zero-order valence-corrected chi connectivity index (χ0v) is 16.5. The van der Waals surface area contributed by atoms with E-state index in [2.05, 4.69) is 5.32 Å². The van der Waals surface area contributed by atoms with Crippen LogP contribution in [0.25, 0.3) is 0 Å². The van der Waals surface area contributed by atoms with Crippen molar-refractivity contribution in [3.63, 3.8) is 0 Å². The minimum atomic E-state index is -0.991. The van der Waals surface area contributed by atoms with Gasteiger partial charge in [-0.15, -0.1) is 0 Å². The second-order valence-electron chi connectivity index (χ2n) is 5.90. The fraction of sp³-hybridized carbons (Fsp3) is 0.333. The zero-order valence-electron chi connectivity index (χ0n) is 16.5. The van der Waals surface area contributed by atoms with Crippen molar-refractivity contribution in [1.29, 1.82) is 0 Å². The first-order chi connectivity index (χ1) is 13.5. The van der Waals surface area contributed by atoms with Crippen molar-refractivity contribution in [2.75, 3.05) is 26.1 Å². The first-order valence-corrected chi connectivity index (χ1v) is 8.89. The topological polar surface area (TPSA) is 83.1 Å². The quantitative estimate of drug-likeness (QED) is 0.664. The van der Waals surface area contributed by atoms with Gasteiger partial charge in [0.2, 0.25) is 0 Å². The third-order valence-electron chi connectivity index (χ3n) is 4.00. The Hall–Kier alpha value is -3.06. The molecule has 2 aromatic carbocycles. The number of ether oxygens (including phenoxy) is 4. The molecule has 1 amide bonds. The van der Waals surface area contributed by atoms with E-state index >= 15 is 0 Å². The highest BCUT2D eigenvalue weighted by molar-refractivity contribution is 5.98. The van der Waals surface area contributed by atoms with Crippen molar-refractivity contribution in [2.24, 2.45) is 0 Å². The SMILES string of the molecule is CCOCc1cc(C(=O)O[C@H](C)C(=O)Nc2ccccc2OC)ccc1OC. The minimum Gasteiger partial charge on any atom is -0.496 e. The summed E-state index contributed by atoms with van der Waals surface area (Å²) in [6.07, 6.45) is -0.991. The number of amides is 1. The summed E-state index contributed by atoms with van der Waals surface area (Å²) in [6, 6.07) is 11.9. The number of carbonyl (C=O) groups excluding carboxylic acids is 2. The summed E-state index contributed by atoms with van der Waals surface area (Å²) in [7, 11) is 3.06. The number of esters is 1. The van der Waals surface area contributed by atoms with Crippen LogP contribution in [0, 0.1) is 0 Å². The van der Waals surface area contributed by atoms with Crippen LogP contribution in [-0.4, -0.2) is 38.8 Å². The summed E-state index contributed by atoms with van der Waals surface area (Å²) in [5.41, 5.74) is 1.54. The molecule has 0 saturated heterocycles. The van der Waals surface area contributed by atoms with Crippen molar-refractivity contribution in [3.05, 3.63) is 53.6 Å². The maximum atomic E-state index is 12.5. The van der Waals surface area contributed by atoms with Crippen LogP contribution in [0.4, 0.5) is 5.69 Å². The van der Waals surface area contributed by atoms with E-state index in [9.17, 15) is 9.59 Å². The normalized spacial score (nSPS) is 11.4. The van der Waals surface area contributed by atoms with Gasteiger partial charge in [-0.25, -0.2) is 4.79 Å². The van der Waals surface area contributed by atoms with Gasteiger partial charge in [0.1, 0.15) is 11.5 Å². The molecule has 0 bridgehead atoms. The molecule has 7 heteroatoms. The number of hydrogen-bond acceptors (Lipinski definition) is 6. The van der Waals surface area contributed by atoms with Crippen molar-refractivity contribution in [2.45, 2.75) is 26.6 Å². The van der Waals surface area contributed by atoms with Crippen LogP contribution in [0.5, 0.6) is 11.5 Å².